The van der Waals surface area contributed by atoms with E-state index in [0.717, 1.165) is 13.0 Å². The fourth-order valence-electron chi connectivity index (χ4n) is 0.727. The number of rotatable bonds is 5. The van der Waals surface area contributed by atoms with Crippen molar-refractivity contribution in [1.29, 1.82) is 0 Å². The first-order valence-corrected chi connectivity index (χ1v) is 4.03. The molecule has 0 aliphatic carbocycles. The molecular weight excluding hydrogens is 138 g/mol. The summed E-state index contributed by atoms with van der Waals surface area (Å²) in [5.41, 5.74) is 1.20. The molecule has 0 aliphatic heterocycles. The Balaban J connectivity index is 3.51. The summed E-state index contributed by atoms with van der Waals surface area (Å²) in [6, 6.07) is 0.259. The molecule has 1 atom stereocenters. The van der Waals surface area contributed by atoms with Crippen LogP contribution >= 0.6 is 0 Å². The first-order chi connectivity index (χ1) is 5.07. The van der Waals surface area contributed by atoms with Gasteiger partial charge in [-0.15, -0.1) is 6.58 Å². The van der Waals surface area contributed by atoms with Crippen LogP contribution in [0.25, 0.3) is 0 Å². The summed E-state index contributed by atoms with van der Waals surface area (Å²) in [5.74, 6) is 0. The largest absolute Gasteiger partial charge is 0.395 e. The number of likely N-dealkylation sites (N-methyl/N-ethyl adjacent to an activating group) is 1. The maximum Gasteiger partial charge on any atom is 0.0584 e. The van der Waals surface area contributed by atoms with E-state index in [1.807, 2.05) is 20.9 Å². The van der Waals surface area contributed by atoms with Crippen LogP contribution in [0, 0.1) is 0 Å². The summed E-state index contributed by atoms with van der Waals surface area (Å²) in [6.07, 6.45) is 1.01. The van der Waals surface area contributed by atoms with Crippen LogP contribution in [0.3, 0.4) is 0 Å². The minimum Gasteiger partial charge on any atom is -0.395 e. The third kappa shape index (κ3) is 4.99. The third-order valence-corrected chi connectivity index (χ3v) is 1.91. The molecule has 0 saturated carbocycles. The van der Waals surface area contributed by atoms with Gasteiger partial charge in [-0.1, -0.05) is 5.57 Å². The van der Waals surface area contributed by atoms with Crippen LogP contribution in [0.2, 0.25) is 0 Å². The Bertz CT molecular complexity index is 123. The SMILES string of the molecule is C=C(C)CCN(C)C(C)CO. The molecule has 0 bridgehead atoms. The van der Waals surface area contributed by atoms with Crippen molar-refractivity contribution >= 4 is 0 Å². The van der Waals surface area contributed by atoms with Gasteiger partial charge in [0.05, 0.1) is 6.61 Å². The van der Waals surface area contributed by atoms with Gasteiger partial charge < -0.3 is 10.0 Å². The Morgan fingerprint density at radius 2 is 2.18 bits per heavy atom. The fourth-order valence-corrected chi connectivity index (χ4v) is 0.727. The van der Waals surface area contributed by atoms with Gasteiger partial charge in [0.25, 0.3) is 0 Å². The zero-order valence-electron chi connectivity index (χ0n) is 7.80. The highest BCUT2D eigenvalue weighted by Gasteiger charge is 2.05. The van der Waals surface area contributed by atoms with E-state index in [1.54, 1.807) is 0 Å². The van der Waals surface area contributed by atoms with E-state index in [1.165, 1.54) is 5.57 Å². The molecule has 1 N–H and O–H groups in total. The Morgan fingerprint density at radius 1 is 1.64 bits per heavy atom. The highest BCUT2D eigenvalue weighted by molar-refractivity contribution is 4.88. The topological polar surface area (TPSA) is 23.5 Å². The van der Waals surface area contributed by atoms with Gasteiger partial charge in [0.15, 0.2) is 0 Å². The molecule has 0 rings (SSSR count). The van der Waals surface area contributed by atoms with Gasteiger partial charge in [-0.25, -0.2) is 0 Å². The van der Waals surface area contributed by atoms with E-state index < -0.39 is 0 Å². The second-order valence-electron chi connectivity index (χ2n) is 3.22. The standard InChI is InChI=1S/C9H19NO/c1-8(2)5-6-10(4)9(3)7-11/h9,11H,1,5-7H2,2-4H3. The molecule has 0 spiro atoms. The predicted octanol–water partition coefficient (Wildman–Crippen LogP) is 1.27. The molecule has 0 heterocycles. The zero-order chi connectivity index (χ0) is 8.85. The van der Waals surface area contributed by atoms with Crippen LogP contribution in [0.1, 0.15) is 20.3 Å². The number of hydrogen-bond acceptors (Lipinski definition) is 2. The lowest BCUT2D eigenvalue weighted by atomic mass is 10.2. The monoisotopic (exact) mass is 157 g/mol. The number of aliphatic hydroxyl groups excluding tert-OH is 1. The molecule has 66 valence electrons. The van der Waals surface area contributed by atoms with E-state index in [2.05, 4.69) is 11.5 Å². The highest BCUT2D eigenvalue weighted by atomic mass is 16.3. The van der Waals surface area contributed by atoms with Gasteiger partial charge >= 0.3 is 0 Å². The molecule has 0 fully saturated rings. The summed E-state index contributed by atoms with van der Waals surface area (Å²) in [7, 11) is 2.02. The van der Waals surface area contributed by atoms with Crippen LogP contribution in [0.15, 0.2) is 12.2 Å². The van der Waals surface area contributed by atoms with E-state index in [-0.39, 0.29) is 12.6 Å². The first-order valence-electron chi connectivity index (χ1n) is 4.03. The van der Waals surface area contributed by atoms with Crippen molar-refractivity contribution in [2.45, 2.75) is 26.3 Å². The molecule has 1 unspecified atom stereocenters. The molecule has 0 aromatic heterocycles. The van der Waals surface area contributed by atoms with Gasteiger partial charge in [0.1, 0.15) is 0 Å². The fraction of sp³-hybridized carbons (Fsp3) is 0.778. The van der Waals surface area contributed by atoms with Crippen LogP contribution in [-0.4, -0.2) is 36.2 Å². The summed E-state index contributed by atoms with van der Waals surface area (Å²) in [6.45, 7) is 9.07. The van der Waals surface area contributed by atoms with Gasteiger partial charge in [0, 0.05) is 12.6 Å². The molecule has 0 amide bonds. The van der Waals surface area contributed by atoms with E-state index >= 15 is 0 Å². The molecule has 11 heavy (non-hydrogen) atoms. The molecule has 0 aromatic carbocycles. The lowest BCUT2D eigenvalue weighted by Gasteiger charge is -2.22. The lowest BCUT2D eigenvalue weighted by molar-refractivity contribution is 0.160. The molecule has 0 aromatic rings. The van der Waals surface area contributed by atoms with Crippen molar-refractivity contribution < 1.29 is 5.11 Å². The Hall–Kier alpha value is -0.340. The number of nitrogens with zero attached hydrogens (tertiary/aromatic N) is 1. The smallest absolute Gasteiger partial charge is 0.0584 e. The maximum absolute atomic E-state index is 8.81. The average Bonchev–Trinajstić information content (AvgIpc) is 1.98. The number of aliphatic hydroxyl groups is 1. The van der Waals surface area contributed by atoms with Gasteiger partial charge in [-0.05, 0) is 27.3 Å². The second-order valence-corrected chi connectivity index (χ2v) is 3.22. The van der Waals surface area contributed by atoms with Crippen molar-refractivity contribution in [3.8, 4) is 0 Å². The van der Waals surface area contributed by atoms with Crippen LogP contribution in [0.4, 0.5) is 0 Å². The molecule has 0 radical (unpaired) electrons. The Labute approximate surface area is 69.5 Å². The maximum atomic E-state index is 8.81. The van der Waals surface area contributed by atoms with Crippen LogP contribution in [-0.2, 0) is 0 Å². The normalized spacial score (nSPS) is 13.5. The van der Waals surface area contributed by atoms with Crippen molar-refractivity contribution in [3.63, 3.8) is 0 Å². The Morgan fingerprint density at radius 3 is 2.55 bits per heavy atom. The van der Waals surface area contributed by atoms with Crippen LogP contribution in [0.5, 0.6) is 0 Å². The Kier molecular flexibility index (Phi) is 5.16. The molecule has 0 aliphatic rings. The summed E-state index contributed by atoms with van der Waals surface area (Å²) in [5, 5.41) is 8.81. The summed E-state index contributed by atoms with van der Waals surface area (Å²) < 4.78 is 0. The second kappa shape index (κ2) is 5.33. The van der Waals surface area contributed by atoms with Crippen molar-refractivity contribution in [1.82, 2.24) is 4.90 Å². The van der Waals surface area contributed by atoms with E-state index in [4.69, 9.17) is 5.11 Å². The minimum atomic E-state index is 0.229. The van der Waals surface area contributed by atoms with E-state index in [0.29, 0.717) is 0 Å². The third-order valence-electron chi connectivity index (χ3n) is 1.91. The molecule has 2 heteroatoms. The van der Waals surface area contributed by atoms with Crippen molar-refractivity contribution in [2.75, 3.05) is 20.2 Å². The molecule has 0 saturated heterocycles. The average molecular weight is 157 g/mol. The summed E-state index contributed by atoms with van der Waals surface area (Å²) in [4.78, 5) is 2.13. The highest BCUT2D eigenvalue weighted by Crippen LogP contribution is 2.00. The molecular formula is C9H19NO. The van der Waals surface area contributed by atoms with Gasteiger partial charge in [-0.2, -0.15) is 0 Å². The van der Waals surface area contributed by atoms with Crippen molar-refractivity contribution in [2.24, 2.45) is 0 Å². The van der Waals surface area contributed by atoms with Crippen molar-refractivity contribution in [3.05, 3.63) is 12.2 Å². The molecule has 2 nitrogen and oxygen atoms in total. The quantitative estimate of drug-likeness (QED) is 0.607. The summed E-state index contributed by atoms with van der Waals surface area (Å²) >= 11 is 0. The predicted molar refractivity (Wildman–Crippen MR) is 48.6 cm³/mol. The zero-order valence-corrected chi connectivity index (χ0v) is 7.80. The van der Waals surface area contributed by atoms with Gasteiger partial charge in [-0.3, -0.25) is 0 Å². The van der Waals surface area contributed by atoms with E-state index in [9.17, 15) is 0 Å². The van der Waals surface area contributed by atoms with Gasteiger partial charge in [0.2, 0.25) is 0 Å². The van der Waals surface area contributed by atoms with Crippen LogP contribution < -0.4 is 0 Å². The minimum absolute atomic E-state index is 0.229. The number of hydrogen-bond donors (Lipinski definition) is 1. The lowest BCUT2D eigenvalue weighted by Crippen LogP contribution is -2.32. The first kappa shape index (κ1) is 10.7.